The zero-order valence-corrected chi connectivity index (χ0v) is 18.0. The Morgan fingerprint density at radius 3 is 2.84 bits per heavy atom. The number of hydrogen-bond donors (Lipinski definition) is 2. The molecule has 0 amide bonds. The summed E-state index contributed by atoms with van der Waals surface area (Å²) >= 11 is 1.13. The van der Waals surface area contributed by atoms with Crippen molar-refractivity contribution < 1.29 is 23.8 Å². The van der Waals surface area contributed by atoms with Crippen molar-refractivity contribution in [3.05, 3.63) is 47.5 Å². The van der Waals surface area contributed by atoms with Crippen molar-refractivity contribution >= 4 is 39.0 Å². The molecule has 0 radical (unpaired) electrons. The topological polar surface area (TPSA) is 120 Å². The summed E-state index contributed by atoms with van der Waals surface area (Å²) in [5.74, 6) is -0.0363. The van der Waals surface area contributed by atoms with Crippen molar-refractivity contribution in [2.24, 2.45) is 0 Å². The van der Waals surface area contributed by atoms with Gasteiger partial charge in [0.2, 0.25) is 5.88 Å². The third-order valence-electron chi connectivity index (χ3n) is 5.30. The summed E-state index contributed by atoms with van der Waals surface area (Å²) in [6.45, 7) is 3.05. The van der Waals surface area contributed by atoms with Gasteiger partial charge in [-0.2, -0.15) is 0 Å². The molecule has 9 nitrogen and oxygen atoms in total. The van der Waals surface area contributed by atoms with Crippen LogP contribution in [-0.4, -0.2) is 45.3 Å². The molecule has 0 atom stereocenters. The Labute approximate surface area is 187 Å². The highest BCUT2D eigenvalue weighted by Crippen LogP contribution is 2.37. The van der Waals surface area contributed by atoms with E-state index < -0.39 is 5.97 Å². The lowest BCUT2D eigenvalue weighted by molar-refractivity contribution is 0.0241. The minimum absolute atomic E-state index is 0.0108. The number of aromatic carboxylic acids is 1. The fourth-order valence-electron chi connectivity index (χ4n) is 3.65. The summed E-state index contributed by atoms with van der Waals surface area (Å²) < 4.78 is 16.9. The number of carboxylic acids is 1. The van der Waals surface area contributed by atoms with Gasteiger partial charge in [0, 0.05) is 18.4 Å². The smallest absolute Gasteiger partial charge is 0.346 e. The highest BCUT2D eigenvalue weighted by Gasteiger charge is 2.22. The van der Waals surface area contributed by atoms with Gasteiger partial charge in [-0.25, -0.2) is 19.7 Å². The Balaban J connectivity index is 1.54. The molecule has 4 aromatic heterocycles. The molecule has 1 aliphatic heterocycles. The van der Waals surface area contributed by atoms with E-state index in [0.717, 1.165) is 35.4 Å². The van der Waals surface area contributed by atoms with Crippen molar-refractivity contribution in [2.45, 2.75) is 25.9 Å². The molecule has 1 saturated heterocycles. The van der Waals surface area contributed by atoms with E-state index in [4.69, 9.17) is 18.9 Å². The standard InChI is InChI=1S/C22H20N4O5S/c1-12-17-19(23-11-24-21(17)32-18(12)22(27)28)25-16-3-2-15(13-4-7-30-10-13)26-20(16)31-14-5-8-29-9-6-14/h2-4,7,10-11,14H,5-6,8-9H2,1H3,(H,27,28)(H,23,24,25). The molecule has 0 bridgehead atoms. The number of rotatable bonds is 6. The van der Waals surface area contributed by atoms with Crippen molar-refractivity contribution in [3.8, 4) is 17.1 Å². The van der Waals surface area contributed by atoms with E-state index in [2.05, 4.69) is 15.3 Å². The predicted molar refractivity (Wildman–Crippen MR) is 119 cm³/mol. The van der Waals surface area contributed by atoms with Crippen LogP contribution >= 0.6 is 11.3 Å². The number of anilines is 2. The second-order valence-corrected chi connectivity index (χ2v) is 8.38. The second kappa shape index (κ2) is 8.56. The summed E-state index contributed by atoms with van der Waals surface area (Å²) in [7, 11) is 0. The molecule has 2 N–H and O–H groups in total. The fraction of sp³-hybridized carbons (Fsp3) is 0.273. The van der Waals surface area contributed by atoms with Gasteiger partial charge in [0.25, 0.3) is 0 Å². The summed E-state index contributed by atoms with van der Waals surface area (Å²) in [5.41, 5.74) is 2.82. The van der Waals surface area contributed by atoms with Crippen molar-refractivity contribution in [1.29, 1.82) is 0 Å². The minimum atomic E-state index is -0.980. The molecular formula is C22H20N4O5S. The number of hydrogen-bond acceptors (Lipinski definition) is 9. The van der Waals surface area contributed by atoms with Crippen LogP contribution in [0.2, 0.25) is 0 Å². The Hall–Kier alpha value is -3.50. The molecule has 0 spiro atoms. The van der Waals surface area contributed by atoms with Crippen LogP contribution in [0, 0.1) is 6.92 Å². The lowest BCUT2D eigenvalue weighted by Gasteiger charge is -2.24. The van der Waals surface area contributed by atoms with E-state index >= 15 is 0 Å². The highest BCUT2D eigenvalue weighted by atomic mass is 32.1. The van der Waals surface area contributed by atoms with Crippen molar-refractivity contribution in [3.63, 3.8) is 0 Å². The predicted octanol–water partition coefficient (Wildman–Crippen LogP) is 4.65. The molecular weight excluding hydrogens is 432 g/mol. The van der Waals surface area contributed by atoms with Crippen molar-refractivity contribution in [1.82, 2.24) is 15.0 Å². The first kappa shape index (κ1) is 20.4. The maximum Gasteiger partial charge on any atom is 0.346 e. The molecule has 0 aromatic carbocycles. The monoisotopic (exact) mass is 452 g/mol. The van der Waals surface area contributed by atoms with Crippen LogP contribution in [0.1, 0.15) is 28.1 Å². The number of nitrogens with one attached hydrogen (secondary N) is 1. The number of aromatic nitrogens is 3. The number of nitrogens with zero attached hydrogens (tertiary/aromatic N) is 3. The van der Waals surface area contributed by atoms with Gasteiger partial charge < -0.3 is 24.3 Å². The second-order valence-electron chi connectivity index (χ2n) is 7.38. The highest BCUT2D eigenvalue weighted by molar-refractivity contribution is 7.20. The van der Waals surface area contributed by atoms with Crippen molar-refractivity contribution in [2.75, 3.05) is 18.5 Å². The molecule has 1 aliphatic rings. The van der Waals surface area contributed by atoms with Crippen LogP contribution in [0.3, 0.4) is 0 Å². The Kier molecular flexibility index (Phi) is 5.46. The molecule has 5 heterocycles. The SMILES string of the molecule is Cc1c(C(=O)O)sc2ncnc(Nc3ccc(-c4ccoc4)nc3OC3CCOCC3)c12. The van der Waals surface area contributed by atoms with Gasteiger partial charge in [-0.1, -0.05) is 0 Å². The molecule has 1 fully saturated rings. The van der Waals surface area contributed by atoms with E-state index in [1.165, 1.54) is 6.33 Å². The van der Waals surface area contributed by atoms with E-state index in [0.29, 0.717) is 46.4 Å². The number of carbonyl (C=O) groups is 1. The Bertz CT molecular complexity index is 1270. The maximum absolute atomic E-state index is 11.6. The summed E-state index contributed by atoms with van der Waals surface area (Å²) in [6, 6.07) is 5.58. The average molecular weight is 452 g/mol. The first-order chi connectivity index (χ1) is 15.6. The number of thiophene rings is 1. The van der Waals surface area contributed by atoms with E-state index in [1.54, 1.807) is 19.5 Å². The number of pyridine rings is 1. The molecule has 0 unspecified atom stereocenters. The quantitative estimate of drug-likeness (QED) is 0.430. The maximum atomic E-state index is 11.6. The molecule has 0 aliphatic carbocycles. The van der Waals surface area contributed by atoms with Gasteiger partial charge in [-0.15, -0.1) is 11.3 Å². The van der Waals surface area contributed by atoms with Gasteiger partial charge in [-0.3, -0.25) is 0 Å². The summed E-state index contributed by atoms with van der Waals surface area (Å²) in [6.07, 6.45) is 6.19. The van der Waals surface area contributed by atoms with Gasteiger partial charge >= 0.3 is 5.97 Å². The van der Waals surface area contributed by atoms with Crippen LogP contribution in [0.5, 0.6) is 5.88 Å². The van der Waals surface area contributed by atoms with Gasteiger partial charge in [0.15, 0.2) is 0 Å². The molecule has 32 heavy (non-hydrogen) atoms. The van der Waals surface area contributed by atoms with E-state index in [9.17, 15) is 9.90 Å². The zero-order valence-electron chi connectivity index (χ0n) is 17.2. The summed E-state index contributed by atoms with van der Waals surface area (Å²) in [5, 5.41) is 13.5. The number of fused-ring (bicyclic) bond motifs is 1. The van der Waals surface area contributed by atoms with Gasteiger partial charge in [0.1, 0.15) is 33.6 Å². The zero-order chi connectivity index (χ0) is 22.1. The van der Waals surface area contributed by atoms with Gasteiger partial charge in [-0.05, 0) is 30.7 Å². The molecule has 0 saturated carbocycles. The Morgan fingerprint density at radius 1 is 1.25 bits per heavy atom. The molecule has 164 valence electrons. The lowest BCUT2D eigenvalue weighted by Crippen LogP contribution is -2.26. The fourth-order valence-corrected chi connectivity index (χ4v) is 4.63. The third kappa shape index (κ3) is 3.90. The molecule has 4 aromatic rings. The number of carboxylic acid groups (broad SMARTS) is 1. The number of furan rings is 1. The molecule has 10 heteroatoms. The van der Waals surface area contributed by atoms with Crippen LogP contribution in [0.15, 0.2) is 41.5 Å². The van der Waals surface area contributed by atoms with Crippen LogP contribution < -0.4 is 10.1 Å². The first-order valence-corrected chi connectivity index (χ1v) is 10.9. The van der Waals surface area contributed by atoms with E-state index in [-0.39, 0.29) is 11.0 Å². The largest absolute Gasteiger partial charge is 0.477 e. The number of aryl methyl sites for hydroxylation is 1. The third-order valence-corrected chi connectivity index (χ3v) is 6.49. The minimum Gasteiger partial charge on any atom is -0.477 e. The van der Waals surface area contributed by atoms with Crippen LogP contribution in [0.25, 0.3) is 21.5 Å². The average Bonchev–Trinajstić information content (AvgIpc) is 3.45. The molecule has 5 rings (SSSR count). The van der Waals surface area contributed by atoms with Gasteiger partial charge in [0.05, 0.1) is 36.8 Å². The Morgan fingerprint density at radius 2 is 2.09 bits per heavy atom. The van der Waals surface area contributed by atoms with Crippen LogP contribution in [0.4, 0.5) is 11.5 Å². The van der Waals surface area contributed by atoms with E-state index in [1.807, 2.05) is 18.2 Å². The lowest BCUT2D eigenvalue weighted by atomic mass is 10.1. The number of ether oxygens (including phenoxy) is 2. The normalized spacial score (nSPS) is 14.5. The van der Waals surface area contributed by atoms with Crippen LogP contribution in [-0.2, 0) is 4.74 Å². The summed E-state index contributed by atoms with van der Waals surface area (Å²) in [4.78, 5) is 25.8. The first-order valence-electron chi connectivity index (χ1n) is 10.1.